The number of nitriles is 2. The van der Waals surface area contributed by atoms with Crippen molar-refractivity contribution in [3.05, 3.63) is 40.5 Å². The molecule has 0 aliphatic carbocycles. The summed E-state index contributed by atoms with van der Waals surface area (Å²) in [7, 11) is 0. The predicted molar refractivity (Wildman–Crippen MR) is 102 cm³/mol. The number of nitrogen functional groups attached to an aromatic ring is 2. The van der Waals surface area contributed by atoms with E-state index in [0.29, 0.717) is 23.7 Å². The Kier molecular flexibility index (Phi) is 4.69. The van der Waals surface area contributed by atoms with Crippen LogP contribution in [0.5, 0.6) is 5.75 Å². The second-order valence-corrected chi connectivity index (χ2v) is 5.88. The van der Waals surface area contributed by atoms with Crippen LogP contribution < -0.4 is 26.8 Å². The molecule has 0 fully saturated rings. The van der Waals surface area contributed by atoms with Crippen LogP contribution >= 0.6 is 0 Å². The number of hydrogen-bond acceptors (Lipinski definition) is 9. The number of nitrogens with zero attached hydrogens (tertiary/aromatic N) is 4. The fourth-order valence-corrected chi connectivity index (χ4v) is 2.97. The van der Waals surface area contributed by atoms with Gasteiger partial charge in [-0.15, -0.1) is 0 Å². The van der Waals surface area contributed by atoms with E-state index in [1.807, 2.05) is 44.3 Å². The molecule has 0 radical (unpaired) electrons. The smallest absolute Gasteiger partial charge is 0.211 e. The Bertz CT molecular complexity index is 1020. The minimum Gasteiger partial charge on any atom is -0.494 e. The maximum Gasteiger partial charge on any atom is 0.211 e. The quantitative estimate of drug-likeness (QED) is 0.475. The second-order valence-electron chi connectivity index (χ2n) is 5.88. The molecule has 2 aromatic rings. The van der Waals surface area contributed by atoms with Crippen molar-refractivity contribution in [1.82, 2.24) is 10.3 Å². The van der Waals surface area contributed by atoms with Gasteiger partial charge in [0.05, 0.1) is 12.3 Å². The Morgan fingerprint density at radius 1 is 1.33 bits per heavy atom. The number of aryl methyl sites for hydroxylation is 1. The maximum atomic E-state index is 9.39. The lowest BCUT2D eigenvalue weighted by Gasteiger charge is -2.27. The van der Waals surface area contributed by atoms with E-state index in [0.717, 1.165) is 11.1 Å². The summed E-state index contributed by atoms with van der Waals surface area (Å²) in [6, 6.07) is 7.08. The summed E-state index contributed by atoms with van der Waals surface area (Å²) in [4.78, 5) is 8.80. The summed E-state index contributed by atoms with van der Waals surface area (Å²) < 4.78 is 5.75. The molecule has 3 rings (SSSR count). The zero-order chi connectivity index (χ0) is 19.6. The standard InChI is InChI=1S/C18H18N8O/c1-3-27-12-5-4-9(2)6-10(12)15-13-14(21)11(7-19)16(22)25-17(13)26-18(24-15)23-8-20/h4-6,15H,3H2,1-2H3,(H6,21,22,23,24,25,26). The fraction of sp³-hybridized carbons (Fsp3) is 0.222. The number of guanidine groups is 1. The number of fused-ring (bicyclic) bond motifs is 1. The molecule has 1 aliphatic heterocycles. The molecule has 136 valence electrons. The number of pyridine rings is 1. The number of aromatic nitrogens is 1. The average molecular weight is 362 g/mol. The first kappa shape index (κ1) is 17.8. The van der Waals surface area contributed by atoms with E-state index in [4.69, 9.17) is 21.5 Å². The minimum absolute atomic E-state index is 0.00693. The van der Waals surface area contributed by atoms with Crippen molar-refractivity contribution in [3.8, 4) is 18.0 Å². The summed E-state index contributed by atoms with van der Waals surface area (Å²) in [5, 5.41) is 23.7. The second kappa shape index (κ2) is 7.10. The van der Waals surface area contributed by atoms with E-state index in [-0.39, 0.29) is 23.0 Å². The van der Waals surface area contributed by atoms with E-state index in [9.17, 15) is 5.26 Å². The molecule has 0 saturated carbocycles. The summed E-state index contributed by atoms with van der Waals surface area (Å²) in [5.41, 5.74) is 14.7. The van der Waals surface area contributed by atoms with Crippen LogP contribution in [0.25, 0.3) is 0 Å². The highest BCUT2D eigenvalue weighted by Gasteiger charge is 2.31. The molecule has 1 aromatic carbocycles. The molecule has 2 heterocycles. The molecule has 9 nitrogen and oxygen atoms in total. The van der Waals surface area contributed by atoms with Crippen molar-refractivity contribution in [2.75, 3.05) is 23.4 Å². The van der Waals surface area contributed by atoms with Gasteiger partial charge in [-0.2, -0.15) is 10.5 Å². The fourth-order valence-electron chi connectivity index (χ4n) is 2.97. The Morgan fingerprint density at radius 3 is 2.78 bits per heavy atom. The number of nitrogens with two attached hydrogens (primary N) is 2. The summed E-state index contributed by atoms with van der Waals surface area (Å²) in [6.45, 7) is 4.31. The molecule has 0 bridgehead atoms. The van der Waals surface area contributed by atoms with Gasteiger partial charge in [0.1, 0.15) is 35.1 Å². The molecule has 6 N–H and O–H groups in total. The van der Waals surface area contributed by atoms with Gasteiger partial charge in [0.25, 0.3) is 0 Å². The molecule has 1 atom stereocenters. The highest BCUT2D eigenvalue weighted by molar-refractivity contribution is 5.98. The van der Waals surface area contributed by atoms with Crippen LogP contribution in [0.15, 0.2) is 23.2 Å². The normalized spacial score (nSPS) is 14.8. The molecule has 1 aromatic heterocycles. The van der Waals surface area contributed by atoms with Crippen LogP contribution in [-0.2, 0) is 0 Å². The van der Waals surface area contributed by atoms with Crippen molar-refractivity contribution >= 4 is 23.3 Å². The van der Waals surface area contributed by atoms with E-state index in [1.165, 1.54) is 0 Å². The third-order valence-electron chi connectivity index (χ3n) is 4.12. The van der Waals surface area contributed by atoms with E-state index >= 15 is 0 Å². The van der Waals surface area contributed by atoms with E-state index in [1.54, 1.807) is 0 Å². The lowest BCUT2D eigenvalue weighted by atomic mass is 9.93. The first-order valence-electron chi connectivity index (χ1n) is 8.22. The predicted octanol–water partition coefficient (Wildman–Crippen LogP) is 1.77. The van der Waals surface area contributed by atoms with Crippen molar-refractivity contribution in [3.63, 3.8) is 0 Å². The van der Waals surface area contributed by atoms with Gasteiger partial charge in [0.15, 0.2) is 6.19 Å². The molecule has 0 saturated heterocycles. The van der Waals surface area contributed by atoms with Gasteiger partial charge in [-0.25, -0.2) is 9.98 Å². The SMILES string of the molecule is CCOc1ccc(C)cc1C1N=C(NC#N)Nc2nc(N)c(C#N)c(N)c21. The lowest BCUT2D eigenvalue weighted by molar-refractivity contribution is 0.335. The van der Waals surface area contributed by atoms with E-state index in [2.05, 4.69) is 20.6 Å². The van der Waals surface area contributed by atoms with Crippen molar-refractivity contribution in [2.24, 2.45) is 4.99 Å². The molecule has 0 amide bonds. The molecule has 9 heteroatoms. The number of nitrogens with one attached hydrogen (secondary N) is 2. The Morgan fingerprint density at radius 2 is 2.11 bits per heavy atom. The van der Waals surface area contributed by atoms with Gasteiger partial charge in [-0.3, -0.25) is 5.32 Å². The Labute approximate surface area is 156 Å². The summed E-state index contributed by atoms with van der Waals surface area (Å²) >= 11 is 0. The number of aliphatic imine (C=N–C) groups is 1. The monoisotopic (exact) mass is 362 g/mol. The van der Waals surface area contributed by atoms with Gasteiger partial charge >= 0.3 is 0 Å². The Balaban J connectivity index is 2.29. The van der Waals surface area contributed by atoms with Crippen LogP contribution in [0, 0.1) is 29.7 Å². The largest absolute Gasteiger partial charge is 0.494 e. The number of anilines is 3. The van der Waals surface area contributed by atoms with Gasteiger partial charge in [0.2, 0.25) is 5.96 Å². The minimum atomic E-state index is -0.626. The van der Waals surface area contributed by atoms with E-state index < -0.39 is 6.04 Å². The highest BCUT2D eigenvalue weighted by Crippen LogP contribution is 2.43. The first-order valence-corrected chi connectivity index (χ1v) is 8.22. The van der Waals surface area contributed by atoms with Crippen molar-refractivity contribution < 1.29 is 4.74 Å². The van der Waals surface area contributed by atoms with Crippen LogP contribution in [0.2, 0.25) is 0 Å². The zero-order valence-corrected chi connectivity index (χ0v) is 14.9. The van der Waals surface area contributed by atoms with Gasteiger partial charge in [-0.05, 0) is 26.0 Å². The summed E-state index contributed by atoms with van der Waals surface area (Å²) in [5.74, 6) is 1.18. The number of ether oxygens (including phenoxy) is 1. The topological polar surface area (TPSA) is 158 Å². The zero-order valence-electron chi connectivity index (χ0n) is 14.9. The Hall–Kier alpha value is -3.98. The molecule has 27 heavy (non-hydrogen) atoms. The number of rotatable bonds is 3. The third-order valence-corrected chi connectivity index (χ3v) is 4.12. The molecule has 1 aliphatic rings. The van der Waals surface area contributed by atoms with Crippen LogP contribution in [0.4, 0.5) is 17.3 Å². The van der Waals surface area contributed by atoms with Crippen molar-refractivity contribution in [2.45, 2.75) is 19.9 Å². The molecular formula is C18H18N8O. The highest BCUT2D eigenvalue weighted by atomic mass is 16.5. The average Bonchev–Trinajstić information content (AvgIpc) is 2.63. The first-order chi connectivity index (χ1) is 13.0. The molecule has 0 spiro atoms. The lowest BCUT2D eigenvalue weighted by Crippen LogP contribution is -2.33. The molecular weight excluding hydrogens is 344 g/mol. The van der Waals surface area contributed by atoms with Crippen molar-refractivity contribution in [1.29, 1.82) is 10.5 Å². The number of benzene rings is 1. The summed E-state index contributed by atoms with van der Waals surface area (Å²) in [6.07, 6.45) is 1.83. The number of hydrogen-bond donors (Lipinski definition) is 4. The van der Waals surface area contributed by atoms with Crippen LogP contribution in [0.1, 0.15) is 35.2 Å². The van der Waals surface area contributed by atoms with Gasteiger partial charge in [-0.1, -0.05) is 11.6 Å². The maximum absolute atomic E-state index is 9.39. The van der Waals surface area contributed by atoms with Crippen LogP contribution in [-0.4, -0.2) is 17.6 Å². The molecule has 1 unspecified atom stereocenters. The van der Waals surface area contributed by atoms with Crippen LogP contribution in [0.3, 0.4) is 0 Å². The van der Waals surface area contributed by atoms with Gasteiger partial charge < -0.3 is 21.5 Å². The third kappa shape index (κ3) is 3.14. The van der Waals surface area contributed by atoms with Gasteiger partial charge in [0, 0.05) is 11.1 Å².